The topological polar surface area (TPSA) is 56.0 Å². The van der Waals surface area contributed by atoms with E-state index in [1.807, 2.05) is 40.1 Å². The fraction of sp³-hybridized carbons (Fsp3) is 0.381. The van der Waals surface area contributed by atoms with Gasteiger partial charge in [0, 0.05) is 49.5 Å². The van der Waals surface area contributed by atoms with Gasteiger partial charge in [-0.1, -0.05) is 30.3 Å². The number of hydrogen-bond acceptors (Lipinski definition) is 3. The van der Waals surface area contributed by atoms with E-state index in [1.54, 1.807) is 12.5 Å². The van der Waals surface area contributed by atoms with Gasteiger partial charge in [-0.15, -0.1) is 0 Å². The Morgan fingerprint density at radius 1 is 1.19 bits per heavy atom. The summed E-state index contributed by atoms with van der Waals surface area (Å²) in [6.45, 7) is 5.10. The third-order valence-electron chi connectivity index (χ3n) is 5.37. The van der Waals surface area contributed by atoms with Crippen molar-refractivity contribution in [2.75, 3.05) is 13.1 Å². The summed E-state index contributed by atoms with van der Waals surface area (Å²) in [7, 11) is 0. The summed E-state index contributed by atoms with van der Waals surface area (Å²) in [6.07, 6.45) is 9.24. The molecule has 0 atom stereocenters. The number of piperidine rings is 1. The number of hydrogen-bond donors (Lipinski definition) is 0. The lowest BCUT2D eigenvalue weighted by atomic mass is 9.96. The van der Waals surface area contributed by atoms with Crippen molar-refractivity contribution < 1.29 is 4.79 Å². The molecule has 1 fully saturated rings. The number of aryl methyl sites for hydroxylation is 1. The molecule has 0 radical (unpaired) electrons. The summed E-state index contributed by atoms with van der Waals surface area (Å²) < 4.78 is 4.15. The molecule has 27 heavy (non-hydrogen) atoms. The van der Waals surface area contributed by atoms with Gasteiger partial charge < -0.3 is 14.0 Å². The second kappa shape index (κ2) is 7.78. The molecule has 1 aromatic carbocycles. The Bertz CT molecular complexity index is 877. The fourth-order valence-electron chi connectivity index (χ4n) is 3.77. The maximum absolute atomic E-state index is 12.4. The van der Waals surface area contributed by atoms with Crippen LogP contribution in [0.1, 0.15) is 18.5 Å². The van der Waals surface area contributed by atoms with Crippen LogP contribution in [0.15, 0.2) is 55.2 Å². The van der Waals surface area contributed by atoms with Gasteiger partial charge in [-0.2, -0.15) is 0 Å². The van der Waals surface area contributed by atoms with Crippen LogP contribution in [-0.4, -0.2) is 43.0 Å². The predicted molar refractivity (Wildman–Crippen MR) is 104 cm³/mol. The molecule has 0 unspecified atom stereocenters. The normalized spacial score (nSPS) is 15.2. The minimum Gasteiger partial charge on any atom is -0.341 e. The summed E-state index contributed by atoms with van der Waals surface area (Å²) >= 11 is 0. The van der Waals surface area contributed by atoms with Gasteiger partial charge in [0.15, 0.2) is 0 Å². The Hall–Kier alpha value is -2.89. The van der Waals surface area contributed by atoms with Crippen molar-refractivity contribution in [3.8, 4) is 11.4 Å². The van der Waals surface area contributed by atoms with Crippen LogP contribution in [0.3, 0.4) is 0 Å². The van der Waals surface area contributed by atoms with E-state index in [-0.39, 0.29) is 5.91 Å². The standard InChI is InChI=1S/C21H25N5O/c1-17-13-23-21(19-5-3-2-4-6-19)26(17)14-18-7-10-25(11-8-18)20(27)15-24-12-9-22-16-24/h2-6,9,12-13,16,18H,7-8,10-11,14-15H2,1H3. The van der Waals surface area contributed by atoms with E-state index in [1.165, 1.54) is 5.69 Å². The summed E-state index contributed by atoms with van der Waals surface area (Å²) in [4.78, 5) is 23.1. The Balaban J connectivity index is 1.37. The lowest BCUT2D eigenvalue weighted by Crippen LogP contribution is -2.40. The number of nitrogens with zero attached hydrogens (tertiary/aromatic N) is 5. The third-order valence-corrected chi connectivity index (χ3v) is 5.37. The molecule has 6 nitrogen and oxygen atoms in total. The van der Waals surface area contributed by atoms with E-state index in [2.05, 4.69) is 33.6 Å². The molecule has 4 rings (SSSR count). The van der Waals surface area contributed by atoms with Crippen LogP contribution >= 0.6 is 0 Å². The van der Waals surface area contributed by atoms with Crippen molar-refractivity contribution in [2.45, 2.75) is 32.9 Å². The number of likely N-dealkylation sites (tertiary alicyclic amines) is 1. The Morgan fingerprint density at radius 2 is 1.96 bits per heavy atom. The molecule has 1 saturated heterocycles. The number of carbonyl (C=O) groups excluding carboxylic acids is 1. The van der Waals surface area contributed by atoms with Crippen molar-refractivity contribution >= 4 is 5.91 Å². The van der Waals surface area contributed by atoms with Crippen LogP contribution < -0.4 is 0 Å². The molecule has 0 spiro atoms. The van der Waals surface area contributed by atoms with E-state index >= 15 is 0 Å². The number of rotatable bonds is 5. The highest BCUT2D eigenvalue weighted by molar-refractivity contribution is 5.76. The van der Waals surface area contributed by atoms with Crippen molar-refractivity contribution in [2.24, 2.45) is 5.92 Å². The van der Waals surface area contributed by atoms with E-state index in [9.17, 15) is 4.79 Å². The maximum atomic E-state index is 12.4. The molecule has 0 saturated carbocycles. The molecule has 0 aliphatic carbocycles. The van der Waals surface area contributed by atoms with Crippen molar-refractivity contribution in [1.29, 1.82) is 0 Å². The molecular formula is C21H25N5O. The van der Waals surface area contributed by atoms with Crippen molar-refractivity contribution in [1.82, 2.24) is 24.0 Å². The number of aromatic nitrogens is 4. The molecule has 0 bridgehead atoms. The highest BCUT2D eigenvalue weighted by atomic mass is 16.2. The van der Waals surface area contributed by atoms with Gasteiger partial charge in [0.2, 0.25) is 5.91 Å². The lowest BCUT2D eigenvalue weighted by molar-refractivity contribution is -0.133. The second-order valence-electron chi connectivity index (χ2n) is 7.26. The third kappa shape index (κ3) is 3.94. The second-order valence-corrected chi connectivity index (χ2v) is 7.26. The maximum Gasteiger partial charge on any atom is 0.242 e. The first-order chi connectivity index (χ1) is 13.2. The number of carbonyl (C=O) groups is 1. The molecule has 2 aromatic heterocycles. The molecule has 140 valence electrons. The first-order valence-corrected chi connectivity index (χ1v) is 9.52. The first-order valence-electron chi connectivity index (χ1n) is 9.52. The lowest BCUT2D eigenvalue weighted by Gasteiger charge is -2.32. The Morgan fingerprint density at radius 3 is 2.67 bits per heavy atom. The minimum absolute atomic E-state index is 0.176. The average molecular weight is 363 g/mol. The number of amides is 1. The van der Waals surface area contributed by atoms with Crippen LogP contribution in [0.5, 0.6) is 0 Å². The molecule has 3 aromatic rings. The summed E-state index contributed by atoms with van der Waals surface area (Å²) in [5.74, 6) is 1.78. The molecular weight excluding hydrogens is 338 g/mol. The van der Waals surface area contributed by atoms with Gasteiger partial charge in [-0.3, -0.25) is 4.79 Å². The Labute approximate surface area is 159 Å². The zero-order chi connectivity index (χ0) is 18.6. The van der Waals surface area contributed by atoms with Crippen LogP contribution in [0.2, 0.25) is 0 Å². The van der Waals surface area contributed by atoms with Crippen LogP contribution in [0.25, 0.3) is 11.4 Å². The Kier molecular flexibility index (Phi) is 5.05. The van der Waals surface area contributed by atoms with Crippen molar-refractivity contribution in [3.05, 3.63) is 60.9 Å². The zero-order valence-electron chi connectivity index (χ0n) is 15.7. The summed E-state index contributed by atoms with van der Waals surface area (Å²) in [5.41, 5.74) is 2.34. The van der Waals surface area contributed by atoms with Crippen molar-refractivity contribution in [3.63, 3.8) is 0 Å². The smallest absolute Gasteiger partial charge is 0.242 e. The fourth-order valence-corrected chi connectivity index (χ4v) is 3.77. The SMILES string of the molecule is Cc1cnc(-c2ccccc2)n1CC1CCN(C(=O)Cn2ccnc2)CC1. The van der Waals surface area contributed by atoms with Gasteiger partial charge in [0.05, 0.1) is 6.33 Å². The van der Waals surface area contributed by atoms with Crippen LogP contribution in [0, 0.1) is 12.8 Å². The number of imidazole rings is 2. The van der Waals surface area contributed by atoms with E-state index in [4.69, 9.17) is 0 Å². The van der Waals surface area contributed by atoms with Gasteiger partial charge in [-0.05, 0) is 25.7 Å². The largest absolute Gasteiger partial charge is 0.341 e. The van der Waals surface area contributed by atoms with E-state index in [0.29, 0.717) is 12.5 Å². The summed E-state index contributed by atoms with van der Waals surface area (Å²) in [5, 5.41) is 0. The first kappa shape index (κ1) is 17.5. The van der Waals surface area contributed by atoms with Gasteiger partial charge in [0.25, 0.3) is 0 Å². The molecule has 3 heterocycles. The monoisotopic (exact) mass is 363 g/mol. The quantitative estimate of drug-likeness (QED) is 0.700. The van der Waals surface area contributed by atoms with Gasteiger partial charge >= 0.3 is 0 Å². The molecule has 1 amide bonds. The molecule has 1 aliphatic rings. The average Bonchev–Trinajstić information content (AvgIpc) is 3.33. The molecule has 6 heteroatoms. The van der Waals surface area contributed by atoms with E-state index < -0.39 is 0 Å². The van der Waals surface area contributed by atoms with Gasteiger partial charge in [0.1, 0.15) is 12.4 Å². The van der Waals surface area contributed by atoms with Crippen LogP contribution in [0.4, 0.5) is 0 Å². The van der Waals surface area contributed by atoms with E-state index in [0.717, 1.165) is 43.9 Å². The minimum atomic E-state index is 0.176. The van der Waals surface area contributed by atoms with Gasteiger partial charge in [-0.25, -0.2) is 9.97 Å². The highest BCUT2D eigenvalue weighted by Gasteiger charge is 2.24. The molecule has 1 aliphatic heterocycles. The predicted octanol–water partition coefficient (Wildman–Crippen LogP) is 2.99. The number of benzene rings is 1. The van der Waals surface area contributed by atoms with Crippen LogP contribution in [-0.2, 0) is 17.9 Å². The molecule has 0 N–H and O–H groups in total. The zero-order valence-corrected chi connectivity index (χ0v) is 15.7. The highest BCUT2D eigenvalue weighted by Crippen LogP contribution is 2.25. The summed E-state index contributed by atoms with van der Waals surface area (Å²) in [6, 6.07) is 10.3.